The van der Waals surface area contributed by atoms with Gasteiger partial charge >= 0.3 is 6.18 Å². The van der Waals surface area contributed by atoms with Gasteiger partial charge in [0, 0.05) is 53.2 Å². The van der Waals surface area contributed by atoms with E-state index in [0.717, 1.165) is 17.3 Å². The molecule has 3 heterocycles. The smallest absolute Gasteiger partial charge is 0.451 e. The van der Waals surface area contributed by atoms with E-state index < -0.39 is 30.4 Å². The number of hydrogen-bond acceptors (Lipinski definition) is 7. The van der Waals surface area contributed by atoms with E-state index >= 15 is 0 Å². The second-order valence-electron chi connectivity index (χ2n) is 9.06. The second kappa shape index (κ2) is 11.7. The highest BCUT2D eigenvalue weighted by atomic mass is 32.1. The Morgan fingerprint density at radius 2 is 1.82 bits per heavy atom. The third-order valence-electron chi connectivity index (χ3n) is 6.04. The number of nitrogens with one attached hydrogen (secondary N) is 1. The van der Waals surface area contributed by atoms with Crippen LogP contribution in [0.15, 0.2) is 36.8 Å². The molecule has 1 saturated heterocycles. The summed E-state index contributed by atoms with van der Waals surface area (Å²) >= 11 is 1.45. The zero-order valence-corrected chi connectivity index (χ0v) is 21.5. The van der Waals surface area contributed by atoms with Crippen LogP contribution in [0.25, 0.3) is 10.6 Å². The molecule has 0 spiro atoms. The highest BCUT2D eigenvalue weighted by Crippen LogP contribution is 2.31. The first-order chi connectivity index (χ1) is 18.0. The van der Waals surface area contributed by atoms with Crippen molar-refractivity contribution in [3.05, 3.63) is 58.6 Å². The maximum Gasteiger partial charge on any atom is 0.451 e. The van der Waals surface area contributed by atoms with Crippen molar-refractivity contribution in [2.45, 2.75) is 51.4 Å². The number of thiazole rings is 1. The van der Waals surface area contributed by atoms with Gasteiger partial charge in [0.2, 0.25) is 5.82 Å². The second-order valence-corrected chi connectivity index (χ2v) is 10.3. The third-order valence-corrected chi connectivity index (χ3v) is 7.01. The Morgan fingerprint density at radius 1 is 1.13 bits per heavy atom. The predicted octanol–water partition coefficient (Wildman–Crippen LogP) is 5.53. The zero-order chi connectivity index (χ0) is 27.4. The molecule has 0 aliphatic carbocycles. The van der Waals surface area contributed by atoms with Crippen LogP contribution in [0.4, 0.5) is 22.0 Å². The van der Waals surface area contributed by atoms with Crippen molar-refractivity contribution in [2.24, 2.45) is 0 Å². The van der Waals surface area contributed by atoms with E-state index in [0.29, 0.717) is 47.8 Å². The molecule has 1 unspecified atom stereocenters. The van der Waals surface area contributed by atoms with Crippen LogP contribution in [-0.2, 0) is 6.18 Å². The average molecular weight is 556 g/mol. The number of aryl methyl sites for hydroxylation is 1. The Kier molecular flexibility index (Phi) is 8.56. The first-order valence-electron chi connectivity index (χ1n) is 11.9. The summed E-state index contributed by atoms with van der Waals surface area (Å²) in [6.45, 7) is 4.23. The van der Waals surface area contributed by atoms with Crippen LogP contribution >= 0.6 is 11.3 Å². The fraction of sp³-hybridized carbons (Fsp3) is 0.440. The number of hydrogen-bond donors (Lipinski definition) is 1. The minimum Gasteiger partial charge on any atom is -0.490 e. The van der Waals surface area contributed by atoms with Crippen molar-refractivity contribution >= 4 is 17.2 Å². The third kappa shape index (κ3) is 7.22. The van der Waals surface area contributed by atoms with Gasteiger partial charge in [-0.25, -0.2) is 23.7 Å². The van der Waals surface area contributed by atoms with Crippen LogP contribution in [0, 0.1) is 6.92 Å². The van der Waals surface area contributed by atoms with E-state index in [1.54, 1.807) is 36.2 Å². The van der Waals surface area contributed by atoms with Gasteiger partial charge in [0.15, 0.2) is 0 Å². The quantitative estimate of drug-likeness (QED) is 0.369. The average Bonchev–Trinajstić information content (AvgIpc) is 3.30. The largest absolute Gasteiger partial charge is 0.490 e. The molecule has 1 amide bonds. The number of halogens is 5. The molecule has 1 atom stereocenters. The number of rotatable bonds is 8. The summed E-state index contributed by atoms with van der Waals surface area (Å²) < 4.78 is 69.8. The van der Waals surface area contributed by atoms with Crippen molar-refractivity contribution < 1.29 is 31.5 Å². The van der Waals surface area contributed by atoms with Gasteiger partial charge in [-0.05, 0) is 44.9 Å². The standard InChI is InChI=1S/C25H26F5N5O2S/c1-14-10-31-23(38-14)17-7-16(8-20(9-17)37-19-3-5-35(6-4-19)13-21(26)27)22(36)34-15(2)18-11-32-24(33-12-18)25(28,29)30/h7-12,15,19,21H,3-6,13H2,1-2H3,(H,34,36). The molecule has 7 nitrogen and oxygen atoms in total. The van der Waals surface area contributed by atoms with Crippen molar-refractivity contribution in [3.63, 3.8) is 0 Å². The fourth-order valence-corrected chi connectivity index (χ4v) is 4.83. The maximum absolute atomic E-state index is 13.2. The number of likely N-dealkylation sites (tertiary alicyclic amines) is 1. The summed E-state index contributed by atoms with van der Waals surface area (Å²) in [6.07, 6.45) is -2.32. The van der Waals surface area contributed by atoms with E-state index in [1.165, 1.54) is 11.3 Å². The summed E-state index contributed by atoms with van der Waals surface area (Å²) in [5, 5.41) is 3.45. The molecule has 4 rings (SSSR count). The van der Waals surface area contributed by atoms with Crippen LogP contribution in [0.1, 0.15) is 52.4 Å². The number of amides is 1. The lowest BCUT2D eigenvalue weighted by atomic mass is 10.1. The van der Waals surface area contributed by atoms with Crippen LogP contribution < -0.4 is 10.1 Å². The maximum atomic E-state index is 13.2. The number of nitrogens with zero attached hydrogens (tertiary/aromatic N) is 4. The lowest BCUT2D eigenvalue weighted by Gasteiger charge is -2.32. The van der Waals surface area contributed by atoms with Crippen LogP contribution in [0.5, 0.6) is 5.75 Å². The molecule has 1 N–H and O–H groups in total. The Balaban J connectivity index is 1.51. The van der Waals surface area contributed by atoms with Gasteiger partial charge in [-0.3, -0.25) is 9.69 Å². The summed E-state index contributed by atoms with van der Waals surface area (Å²) in [4.78, 5) is 26.9. The zero-order valence-electron chi connectivity index (χ0n) is 20.6. The highest BCUT2D eigenvalue weighted by molar-refractivity contribution is 7.14. The number of benzene rings is 1. The van der Waals surface area contributed by atoms with Gasteiger partial charge in [-0.15, -0.1) is 11.3 Å². The summed E-state index contributed by atoms with van der Waals surface area (Å²) in [5.41, 5.74) is 1.26. The van der Waals surface area contributed by atoms with E-state index in [-0.39, 0.29) is 18.2 Å². The van der Waals surface area contributed by atoms with Gasteiger partial charge in [-0.1, -0.05) is 0 Å². The molecule has 204 valence electrons. The molecular weight excluding hydrogens is 529 g/mol. The number of piperidine rings is 1. The Morgan fingerprint density at radius 3 is 2.39 bits per heavy atom. The summed E-state index contributed by atoms with van der Waals surface area (Å²) in [7, 11) is 0. The molecule has 1 aliphatic rings. The minimum absolute atomic E-state index is 0.198. The number of ether oxygens (including phenoxy) is 1. The molecule has 0 bridgehead atoms. The molecule has 1 aliphatic heterocycles. The van der Waals surface area contributed by atoms with Crippen LogP contribution in [0.3, 0.4) is 0 Å². The van der Waals surface area contributed by atoms with E-state index in [4.69, 9.17) is 4.74 Å². The van der Waals surface area contributed by atoms with Crippen molar-refractivity contribution in [3.8, 4) is 16.3 Å². The van der Waals surface area contributed by atoms with Crippen molar-refractivity contribution in [1.29, 1.82) is 0 Å². The molecule has 1 aromatic carbocycles. The Hall–Kier alpha value is -3.19. The Bertz CT molecular complexity index is 1240. The molecule has 3 aromatic rings. The summed E-state index contributed by atoms with van der Waals surface area (Å²) in [5.74, 6) is -1.28. The number of alkyl halides is 5. The van der Waals surface area contributed by atoms with Gasteiger partial charge < -0.3 is 10.1 Å². The Labute approximate surface area is 220 Å². The van der Waals surface area contributed by atoms with Gasteiger partial charge in [-0.2, -0.15) is 13.2 Å². The van der Waals surface area contributed by atoms with Gasteiger partial charge in [0.05, 0.1) is 12.6 Å². The molecule has 13 heteroatoms. The summed E-state index contributed by atoms with van der Waals surface area (Å²) in [6, 6.07) is 4.37. The van der Waals surface area contributed by atoms with Crippen molar-refractivity contribution in [1.82, 2.24) is 25.2 Å². The van der Waals surface area contributed by atoms with E-state index in [2.05, 4.69) is 20.3 Å². The normalized spacial score (nSPS) is 16.0. The number of carbonyl (C=O) groups excluding carboxylic acids is 1. The van der Waals surface area contributed by atoms with E-state index in [9.17, 15) is 26.7 Å². The van der Waals surface area contributed by atoms with Gasteiger partial charge in [0.25, 0.3) is 12.3 Å². The first kappa shape index (κ1) is 27.8. The predicted molar refractivity (Wildman–Crippen MR) is 131 cm³/mol. The van der Waals surface area contributed by atoms with Crippen molar-refractivity contribution in [2.75, 3.05) is 19.6 Å². The topological polar surface area (TPSA) is 80.2 Å². The molecule has 0 radical (unpaired) electrons. The number of carbonyl (C=O) groups is 1. The molecule has 0 saturated carbocycles. The lowest BCUT2D eigenvalue weighted by molar-refractivity contribution is -0.145. The minimum atomic E-state index is -4.66. The SMILES string of the molecule is Cc1cnc(-c2cc(OC3CCN(CC(F)F)CC3)cc(C(=O)NC(C)c3cnc(C(F)(F)F)nc3)c2)s1. The first-order valence-corrected chi connectivity index (χ1v) is 12.7. The molecule has 38 heavy (non-hydrogen) atoms. The molecule has 2 aromatic heterocycles. The highest BCUT2D eigenvalue weighted by Gasteiger charge is 2.34. The van der Waals surface area contributed by atoms with E-state index in [1.807, 2.05) is 6.92 Å². The fourth-order valence-electron chi connectivity index (χ4n) is 4.08. The van der Waals surface area contributed by atoms with Gasteiger partial charge in [0.1, 0.15) is 16.9 Å². The lowest BCUT2D eigenvalue weighted by Crippen LogP contribution is -2.40. The molecule has 1 fully saturated rings. The van der Waals surface area contributed by atoms with Crippen LogP contribution in [0.2, 0.25) is 0 Å². The van der Waals surface area contributed by atoms with Crippen LogP contribution in [-0.4, -0.2) is 57.9 Å². The molecular formula is C25H26F5N5O2S. The monoisotopic (exact) mass is 555 g/mol. The number of aromatic nitrogens is 3.